The van der Waals surface area contributed by atoms with E-state index in [-0.39, 0.29) is 17.9 Å². The molecule has 5 nitrogen and oxygen atoms in total. The van der Waals surface area contributed by atoms with E-state index >= 15 is 0 Å². The van der Waals surface area contributed by atoms with Gasteiger partial charge in [-0.3, -0.25) is 9.59 Å². The number of hydrogen-bond donors (Lipinski definition) is 1. The maximum atomic E-state index is 13.7. The minimum atomic E-state index is -0.606. The summed E-state index contributed by atoms with van der Waals surface area (Å²) in [6.45, 7) is 6.47. The SMILES string of the molecule is CC[C@@H](C)NC(=O)[C@@H](Cc1ccccc1)N(Cc1ccccc1C)C(=O)CSCc1ccc(OC)cc1. The lowest BCUT2D eigenvalue weighted by Crippen LogP contribution is -2.52. The minimum Gasteiger partial charge on any atom is -0.497 e. The van der Waals surface area contributed by atoms with Crippen LogP contribution in [-0.2, 0) is 28.3 Å². The van der Waals surface area contributed by atoms with Crippen LogP contribution in [0, 0.1) is 6.92 Å². The molecule has 6 heteroatoms. The van der Waals surface area contributed by atoms with Gasteiger partial charge in [0.05, 0.1) is 12.9 Å². The zero-order valence-corrected chi connectivity index (χ0v) is 23.1. The quantitative estimate of drug-likeness (QED) is 0.311. The summed E-state index contributed by atoms with van der Waals surface area (Å²) in [6, 6.07) is 25.3. The Morgan fingerprint density at radius 3 is 2.27 bits per heavy atom. The standard InChI is InChI=1S/C31H38N2O3S/c1-5-24(3)32-31(35)29(19-25-12-7-6-8-13-25)33(20-27-14-10-9-11-23(27)2)30(34)22-37-21-26-15-17-28(36-4)18-16-26/h6-18,24,29H,5,19-22H2,1-4H3,(H,32,35)/t24-,29-/m1/s1. The number of hydrogen-bond acceptors (Lipinski definition) is 4. The minimum absolute atomic E-state index is 0.0330. The second-order valence-electron chi connectivity index (χ2n) is 9.31. The number of carbonyl (C=O) groups excluding carboxylic acids is 2. The molecule has 0 aromatic heterocycles. The molecule has 0 bridgehead atoms. The second-order valence-corrected chi connectivity index (χ2v) is 10.3. The van der Waals surface area contributed by atoms with Crippen LogP contribution >= 0.6 is 11.8 Å². The molecule has 0 saturated heterocycles. The monoisotopic (exact) mass is 518 g/mol. The summed E-state index contributed by atoms with van der Waals surface area (Å²) in [5.74, 6) is 1.66. The van der Waals surface area contributed by atoms with E-state index in [1.807, 2.05) is 99.6 Å². The van der Waals surface area contributed by atoms with Crippen molar-refractivity contribution in [3.63, 3.8) is 0 Å². The van der Waals surface area contributed by atoms with E-state index in [0.29, 0.717) is 24.5 Å². The molecule has 3 aromatic rings. The Kier molecular flexibility index (Phi) is 11.1. The average Bonchev–Trinajstić information content (AvgIpc) is 2.92. The number of benzene rings is 3. The molecular formula is C31H38N2O3S. The van der Waals surface area contributed by atoms with Crippen molar-refractivity contribution < 1.29 is 14.3 Å². The fourth-order valence-electron chi connectivity index (χ4n) is 4.03. The van der Waals surface area contributed by atoms with Crippen LogP contribution in [0.2, 0.25) is 0 Å². The van der Waals surface area contributed by atoms with Crippen LogP contribution < -0.4 is 10.1 Å². The Hall–Kier alpha value is -3.25. The third-order valence-corrected chi connectivity index (χ3v) is 7.52. The lowest BCUT2D eigenvalue weighted by atomic mass is 10.0. The largest absolute Gasteiger partial charge is 0.497 e. The highest BCUT2D eigenvalue weighted by molar-refractivity contribution is 7.99. The summed E-state index contributed by atoms with van der Waals surface area (Å²) in [4.78, 5) is 29.1. The Morgan fingerprint density at radius 2 is 1.62 bits per heavy atom. The van der Waals surface area contributed by atoms with Crippen molar-refractivity contribution in [3.05, 3.63) is 101 Å². The number of thioether (sulfide) groups is 1. The normalized spacial score (nSPS) is 12.4. The number of ether oxygens (including phenoxy) is 1. The molecule has 0 aliphatic heterocycles. The topological polar surface area (TPSA) is 58.6 Å². The van der Waals surface area contributed by atoms with Crippen molar-refractivity contribution in [3.8, 4) is 5.75 Å². The predicted octanol–water partition coefficient (Wildman–Crippen LogP) is 5.79. The predicted molar refractivity (Wildman–Crippen MR) is 153 cm³/mol. The van der Waals surface area contributed by atoms with E-state index in [1.165, 1.54) is 0 Å². The highest BCUT2D eigenvalue weighted by Gasteiger charge is 2.31. The van der Waals surface area contributed by atoms with E-state index in [4.69, 9.17) is 4.74 Å². The van der Waals surface area contributed by atoms with Gasteiger partial charge in [-0.1, -0.05) is 73.7 Å². The van der Waals surface area contributed by atoms with Crippen LogP contribution in [0.3, 0.4) is 0 Å². The van der Waals surface area contributed by atoms with Crippen molar-refractivity contribution >= 4 is 23.6 Å². The Bertz CT molecular complexity index is 1130. The van der Waals surface area contributed by atoms with E-state index < -0.39 is 6.04 Å². The molecule has 0 fully saturated rings. The van der Waals surface area contributed by atoms with E-state index in [0.717, 1.165) is 34.4 Å². The summed E-state index contributed by atoms with van der Waals surface area (Å²) >= 11 is 1.56. The van der Waals surface area contributed by atoms with Crippen LogP contribution in [-0.4, -0.2) is 41.7 Å². The van der Waals surface area contributed by atoms with Crippen molar-refractivity contribution in [2.45, 2.75) is 58.0 Å². The maximum Gasteiger partial charge on any atom is 0.243 e. The zero-order chi connectivity index (χ0) is 26.6. The second kappa shape index (κ2) is 14.5. The van der Waals surface area contributed by atoms with Gasteiger partial charge >= 0.3 is 0 Å². The van der Waals surface area contributed by atoms with Gasteiger partial charge in [-0.2, -0.15) is 0 Å². The highest BCUT2D eigenvalue weighted by Crippen LogP contribution is 2.21. The molecule has 3 rings (SSSR count). The number of nitrogens with one attached hydrogen (secondary N) is 1. The summed E-state index contributed by atoms with van der Waals surface area (Å²) < 4.78 is 5.24. The fourth-order valence-corrected chi connectivity index (χ4v) is 4.90. The van der Waals surface area contributed by atoms with Gasteiger partial charge in [-0.15, -0.1) is 11.8 Å². The molecule has 1 N–H and O–H groups in total. The van der Waals surface area contributed by atoms with Crippen LogP contribution in [0.1, 0.15) is 42.5 Å². The fraction of sp³-hybridized carbons (Fsp3) is 0.355. The first-order valence-electron chi connectivity index (χ1n) is 12.8. The summed E-state index contributed by atoms with van der Waals surface area (Å²) in [6.07, 6.45) is 1.29. The van der Waals surface area contributed by atoms with Gasteiger partial charge < -0.3 is 15.0 Å². The van der Waals surface area contributed by atoms with Crippen LogP contribution in [0.4, 0.5) is 0 Å². The molecule has 2 amide bonds. The maximum absolute atomic E-state index is 13.7. The Labute approximate surface area is 225 Å². The molecule has 0 aliphatic rings. The molecule has 0 saturated carbocycles. The number of rotatable bonds is 13. The lowest BCUT2D eigenvalue weighted by molar-refractivity contribution is -0.139. The zero-order valence-electron chi connectivity index (χ0n) is 22.3. The summed E-state index contributed by atoms with van der Waals surface area (Å²) in [5.41, 5.74) is 4.30. The molecule has 196 valence electrons. The molecule has 0 radical (unpaired) electrons. The van der Waals surface area contributed by atoms with Gasteiger partial charge in [-0.25, -0.2) is 0 Å². The van der Waals surface area contributed by atoms with E-state index in [1.54, 1.807) is 23.8 Å². The van der Waals surface area contributed by atoms with Gasteiger partial charge in [0, 0.05) is 24.8 Å². The Morgan fingerprint density at radius 1 is 0.946 bits per heavy atom. The smallest absolute Gasteiger partial charge is 0.243 e. The van der Waals surface area contributed by atoms with E-state index in [9.17, 15) is 9.59 Å². The molecule has 0 spiro atoms. The Balaban J connectivity index is 1.84. The first-order valence-corrected chi connectivity index (χ1v) is 14.0. The molecule has 0 unspecified atom stereocenters. The van der Waals surface area contributed by atoms with Gasteiger partial charge in [-0.05, 0) is 54.7 Å². The van der Waals surface area contributed by atoms with Gasteiger partial charge in [0.25, 0.3) is 0 Å². The molecular weight excluding hydrogens is 480 g/mol. The third kappa shape index (κ3) is 8.67. The first kappa shape index (κ1) is 28.3. The van der Waals surface area contributed by atoms with Gasteiger partial charge in [0.2, 0.25) is 11.8 Å². The average molecular weight is 519 g/mol. The van der Waals surface area contributed by atoms with Crippen molar-refractivity contribution in [1.82, 2.24) is 10.2 Å². The molecule has 0 heterocycles. The third-order valence-electron chi connectivity index (χ3n) is 6.53. The summed E-state index contributed by atoms with van der Waals surface area (Å²) in [7, 11) is 1.65. The van der Waals surface area contributed by atoms with Gasteiger partial charge in [0.15, 0.2) is 0 Å². The van der Waals surface area contributed by atoms with Crippen LogP contribution in [0.25, 0.3) is 0 Å². The van der Waals surface area contributed by atoms with Crippen LogP contribution in [0.15, 0.2) is 78.9 Å². The number of amides is 2. The summed E-state index contributed by atoms with van der Waals surface area (Å²) in [5, 5.41) is 3.13. The van der Waals surface area contributed by atoms with E-state index in [2.05, 4.69) is 5.32 Å². The number of methoxy groups -OCH3 is 1. The number of carbonyl (C=O) groups is 2. The molecule has 2 atom stereocenters. The van der Waals surface area contributed by atoms with Crippen molar-refractivity contribution in [2.24, 2.45) is 0 Å². The van der Waals surface area contributed by atoms with Crippen molar-refractivity contribution in [2.75, 3.05) is 12.9 Å². The molecule has 0 aliphatic carbocycles. The number of aryl methyl sites for hydroxylation is 1. The highest BCUT2D eigenvalue weighted by atomic mass is 32.2. The molecule has 37 heavy (non-hydrogen) atoms. The molecule has 3 aromatic carbocycles. The lowest BCUT2D eigenvalue weighted by Gasteiger charge is -2.32. The van der Waals surface area contributed by atoms with Gasteiger partial charge in [0.1, 0.15) is 11.8 Å². The number of nitrogens with zero attached hydrogens (tertiary/aromatic N) is 1. The van der Waals surface area contributed by atoms with Crippen LogP contribution in [0.5, 0.6) is 5.75 Å². The first-order chi connectivity index (χ1) is 17.9. The van der Waals surface area contributed by atoms with Crippen molar-refractivity contribution in [1.29, 1.82) is 0 Å².